The molecule has 272 valence electrons. The van der Waals surface area contributed by atoms with Crippen LogP contribution in [0.4, 0.5) is 0 Å². The number of allylic oxidation sites excluding steroid dienone is 8. The summed E-state index contributed by atoms with van der Waals surface area (Å²) in [5.74, 6) is -0.866. The van der Waals surface area contributed by atoms with Crippen LogP contribution in [0.5, 0.6) is 0 Å². The van der Waals surface area contributed by atoms with Crippen LogP contribution in [-0.2, 0) is 32.7 Å². The maximum atomic E-state index is 12.5. The van der Waals surface area contributed by atoms with Gasteiger partial charge in [0.2, 0.25) is 0 Å². The van der Waals surface area contributed by atoms with Crippen LogP contribution < -0.4 is 5.73 Å². The lowest BCUT2D eigenvalue weighted by Crippen LogP contribution is -2.29. The minimum absolute atomic E-state index is 0.0474. The van der Waals surface area contributed by atoms with Gasteiger partial charge in [-0.05, 0) is 64.2 Å². The maximum Gasteiger partial charge on any atom is 0.472 e. The van der Waals surface area contributed by atoms with Crippen molar-refractivity contribution in [3.8, 4) is 0 Å². The summed E-state index contributed by atoms with van der Waals surface area (Å²) in [6.45, 7) is 3.52. The zero-order chi connectivity index (χ0) is 34.7. The van der Waals surface area contributed by atoms with Crippen LogP contribution in [0.1, 0.15) is 142 Å². The second kappa shape index (κ2) is 33.9. The molecule has 0 saturated heterocycles. The van der Waals surface area contributed by atoms with E-state index in [1.54, 1.807) is 0 Å². The summed E-state index contributed by atoms with van der Waals surface area (Å²) in [6.07, 6.45) is 35.7. The highest BCUT2D eigenvalue weighted by Crippen LogP contribution is 2.43. The third-order valence-corrected chi connectivity index (χ3v) is 8.18. The first-order chi connectivity index (χ1) is 22.8. The Morgan fingerprint density at radius 1 is 0.660 bits per heavy atom. The Morgan fingerprint density at radius 2 is 1.17 bits per heavy atom. The molecule has 0 aliphatic heterocycles. The van der Waals surface area contributed by atoms with E-state index in [1.807, 2.05) is 0 Å². The van der Waals surface area contributed by atoms with E-state index in [1.165, 1.54) is 12.8 Å². The van der Waals surface area contributed by atoms with Crippen LogP contribution in [-0.4, -0.2) is 49.3 Å². The molecule has 0 aliphatic carbocycles. The molecule has 0 radical (unpaired) electrons. The van der Waals surface area contributed by atoms with Crippen molar-refractivity contribution in [1.29, 1.82) is 0 Å². The third kappa shape index (κ3) is 33.7. The summed E-state index contributed by atoms with van der Waals surface area (Å²) >= 11 is 0. The molecule has 0 amide bonds. The fourth-order valence-corrected chi connectivity index (χ4v) is 5.27. The van der Waals surface area contributed by atoms with E-state index in [4.69, 9.17) is 24.3 Å². The number of carbonyl (C=O) groups is 2. The summed E-state index contributed by atoms with van der Waals surface area (Å²) in [4.78, 5) is 34.6. The number of esters is 2. The van der Waals surface area contributed by atoms with Crippen molar-refractivity contribution in [2.75, 3.05) is 26.4 Å². The van der Waals surface area contributed by atoms with Crippen molar-refractivity contribution < 1.29 is 37.6 Å². The molecule has 0 fully saturated rings. The summed E-state index contributed by atoms with van der Waals surface area (Å²) < 4.78 is 32.6. The smallest absolute Gasteiger partial charge is 0.462 e. The van der Waals surface area contributed by atoms with Gasteiger partial charge in [0.25, 0.3) is 0 Å². The molecule has 9 nitrogen and oxygen atoms in total. The highest BCUT2D eigenvalue weighted by molar-refractivity contribution is 7.47. The molecule has 0 aromatic carbocycles. The SMILES string of the molecule is CCC=CCC=CCC=CCCCCCCCC(=O)OC(COC(=O)CCCCCCCC=CCCCC)COP(=O)(O)OCCN. The zero-order valence-electron chi connectivity index (χ0n) is 29.5. The van der Waals surface area contributed by atoms with E-state index in [-0.39, 0.29) is 32.6 Å². The standard InChI is InChI=1S/C37H66NO8P/c1-3-5-7-9-11-13-15-16-17-18-20-22-24-26-28-30-37(40)46-35(34-45-47(41,42)44-32-31-38)33-43-36(39)29-27-25-23-21-19-14-12-10-8-6-4-2/h5,7,10-13,16-17,35H,3-4,6,8-9,14-15,18-34,38H2,1-2H3,(H,41,42). The van der Waals surface area contributed by atoms with E-state index >= 15 is 0 Å². The fourth-order valence-electron chi connectivity index (χ4n) is 4.51. The van der Waals surface area contributed by atoms with Crippen molar-refractivity contribution in [1.82, 2.24) is 0 Å². The summed E-state index contributed by atoms with van der Waals surface area (Å²) in [5, 5.41) is 0. The molecule has 0 aromatic rings. The van der Waals surface area contributed by atoms with Gasteiger partial charge in [-0.1, -0.05) is 114 Å². The van der Waals surface area contributed by atoms with E-state index in [2.05, 4.69) is 62.5 Å². The minimum Gasteiger partial charge on any atom is -0.462 e. The monoisotopic (exact) mass is 683 g/mol. The van der Waals surface area contributed by atoms with Crippen LogP contribution >= 0.6 is 7.82 Å². The van der Waals surface area contributed by atoms with Crippen LogP contribution in [0, 0.1) is 0 Å². The topological polar surface area (TPSA) is 134 Å². The van der Waals surface area contributed by atoms with Crippen molar-refractivity contribution in [2.45, 2.75) is 148 Å². The van der Waals surface area contributed by atoms with Gasteiger partial charge in [0.15, 0.2) is 6.10 Å². The van der Waals surface area contributed by atoms with Gasteiger partial charge in [0.1, 0.15) is 6.61 Å². The van der Waals surface area contributed by atoms with Gasteiger partial charge in [-0.15, -0.1) is 0 Å². The van der Waals surface area contributed by atoms with Gasteiger partial charge >= 0.3 is 19.8 Å². The number of ether oxygens (including phenoxy) is 2. The largest absolute Gasteiger partial charge is 0.472 e. The molecule has 3 N–H and O–H groups in total. The second-order valence-corrected chi connectivity index (χ2v) is 13.2. The van der Waals surface area contributed by atoms with Gasteiger partial charge in [0.05, 0.1) is 13.2 Å². The molecular formula is C37H66NO8P. The number of nitrogens with two attached hydrogens (primary N) is 1. The van der Waals surface area contributed by atoms with E-state index in [0.717, 1.165) is 96.3 Å². The van der Waals surface area contributed by atoms with Gasteiger partial charge in [-0.25, -0.2) is 4.57 Å². The molecule has 0 heterocycles. The first-order valence-electron chi connectivity index (χ1n) is 18.1. The average molecular weight is 684 g/mol. The van der Waals surface area contributed by atoms with Gasteiger partial charge < -0.3 is 20.1 Å². The predicted octanol–water partition coefficient (Wildman–Crippen LogP) is 9.60. The molecule has 0 rings (SSSR count). The molecule has 0 saturated carbocycles. The number of rotatable bonds is 33. The molecule has 2 unspecified atom stereocenters. The molecule has 0 spiro atoms. The Labute approximate surface area is 286 Å². The maximum absolute atomic E-state index is 12.5. The molecule has 0 aliphatic rings. The van der Waals surface area contributed by atoms with Crippen molar-refractivity contribution >= 4 is 19.8 Å². The van der Waals surface area contributed by atoms with Crippen molar-refractivity contribution in [3.05, 3.63) is 48.6 Å². The lowest BCUT2D eigenvalue weighted by molar-refractivity contribution is -0.161. The first-order valence-corrected chi connectivity index (χ1v) is 19.6. The molecule has 10 heteroatoms. The van der Waals surface area contributed by atoms with Crippen LogP contribution in [0.25, 0.3) is 0 Å². The Kier molecular flexibility index (Phi) is 32.4. The van der Waals surface area contributed by atoms with Gasteiger partial charge in [0, 0.05) is 19.4 Å². The Bertz CT molecular complexity index is 918. The summed E-state index contributed by atoms with van der Waals surface area (Å²) in [6, 6.07) is 0. The molecule has 0 aromatic heterocycles. The van der Waals surface area contributed by atoms with Gasteiger partial charge in [-0.3, -0.25) is 18.6 Å². The number of hydrogen-bond donors (Lipinski definition) is 2. The number of phosphoric ester groups is 1. The Balaban J connectivity index is 4.30. The number of carbonyl (C=O) groups excluding carboxylic acids is 2. The van der Waals surface area contributed by atoms with E-state index < -0.39 is 32.5 Å². The fraction of sp³-hybridized carbons (Fsp3) is 0.730. The van der Waals surface area contributed by atoms with E-state index in [9.17, 15) is 19.0 Å². The molecule has 47 heavy (non-hydrogen) atoms. The second-order valence-electron chi connectivity index (χ2n) is 11.7. The number of hydrogen-bond acceptors (Lipinski definition) is 8. The Morgan fingerprint density at radius 3 is 1.77 bits per heavy atom. The number of phosphoric acid groups is 1. The third-order valence-electron chi connectivity index (χ3n) is 7.20. The first kappa shape index (κ1) is 45.0. The van der Waals surface area contributed by atoms with E-state index in [0.29, 0.717) is 6.42 Å². The van der Waals surface area contributed by atoms with Crippen LogP contribution in [0.3, 0.4) is 0 Å². The van der Waals surface area contributed by atoms with Crippen molar-refractivity contribution in [3.63, 3.8) is 0 Å². The minimum atomic E-state index is -4.37. The quantitative estimate of drug-likeness (QED) is 0.0300. The highest BCUT2D eigenvalue weighted by atomic mass is 31.2. The van der Waals surface area contributed by atoms with Crippen LogP contribution in [0.2, 0.25) is 0 Å². The normalized spacial score (nSPS) is 14.0. The summed E-state index contributed by atoms with van der Waals surface area (Å²) in [5.41, 5.74) is 5.32. The van der Waals surface area contributed by atoms with Gasteiger partial charge in [-0.2, -0.15) is 0 Å². The lowest BCUT2D eigenvalue weighted by atomic mass is 10.1. The predicted molar refractivity (Wildman–Crippen MR) is 192 cm³/mol. The molecule has 2 atom stereocenters. The van der Waals surface area contributed by atoms with Crippen molar-refractivity contribution in [2.24, 2.45) is 5.73 Å². The zero-order valence-corrected chi connectivity index (χ0v) is 30.4. The average Bonchev–Trinajstić information content (AvgIpc) is 3.05. The summed E-state index contributed by atoms with van der Waals surface area (Å²) in [7, 11) is -4.37. The lowest BCUT2D eigenvalue weighted by Gasteiger charge is -2.19. The highest BCUT2D eigenvalue weighted by Gasteiger charge is 2.25. The number of unbranched alkanes of at least 4 members (excludes halogenated alkanes) is 12. The molecule has 0 bridgehead atoms. The Hall–Kier alpha value is -2.03. The molecular weight excluding hydrogens is 617 g/mol. The van der Waals surface area contributed by atoms with Crippen LogP contribution in [0.15, 0.2) is 48.6 Å².